The van der Waals surface area contributed by atoms with Gasteiger partial charge in [0.2, 0.25) is 0 Å². The van der Waals surface area contributed by atoms with Crippen molar-refractivity contribution in [3.63, 3.8) is 0 Å². The first-order chi connectivity index (χ1) is 10.2. The fourth-order valence-corrected chi connectivity index (χ4v) is 2.71. The first-order valence-corrected chi connectivity index (χ1v) is 7.68. The van der Waals surface area contributed by atoms with Crippen LogP contribution < -0.4 is 5.32 Å². The third-order valence-electron chi connectivity index (χ3n) is 4.22. The van der Waals surface area contributed by atoms with Gasteiger partial charge in [-0.3, -0.25) is 4.68 Å². The van der Waals surface area contributed by atoms with Gasteiger partial charge in [-0.25, -0.2) is 4.39 Å². The molecule has 1 atom stereocenters. The minimum atomic E-state index is -0.149. The summed E-state index contributed by atoms with van der Waals surface area (Å²) in [7, 11) is 1.97. The number of halogens is 1. The molecule has 1 unspecified atom stereocenters. The van der Waals surface area contributed by atoms with Crippen LogP contribution in [-0.2, 0) is 13.5 Å². The molecule has 1 heterocycles. The van der Waals surface area contributed by atoms with Crippen molar-refractivity contribution in [2.24, 2.45) is 7.05 Å². The summed E-state index contributed by atoms with van der Waals surface area (Å²) in [5.74, 6) is 0.195. The van der Waals surface area contributed by atoms with Gasteiger partial charge in [-0.05, 0) is 55.4 Å². The molecule has 0 bridgehead atoms. The standard InChI is InChI=1S/C17H22FN3/c1-21-17(9-10-20-21)8-5-14(12-19-16-6-7-16)13-3-2-4-15(18)11-13/h2-4,9-11,14,16,19H,5-8,12H2,1H3. The molecule has 112 valence electrons. The number of rotatable bonds is 7. The average molecular weight is 287 g/mol. The second-order valence-corrected chi connectivity index (χ2v) is 5.92. The Morgan fingerprint density at radius 2 is 2.24 bits per heavy atom. The lowest BCUT2D eigenvalue weighted by molar-refractivity contribution is 0.533. The van der Waals surface area contributed by atoms with E-state index in [1.54, 1.807) is 12.1 Å². The fourth-order valence-electron chi connectivity index (χ4n) is 2.71. The van der Waals surface area contributed by atoms with Crippen molar-refractivity contribution in [2.75, 3.05) is 6.54 Å². The Labute approximate surface area is 125 Å². The molecule has 2 aromatic rings. The topological polar surface area (TPSA) is 29.9 Å². The molecular weight excluding hydrogens is 265 g/mol. The average Bonchev–Trinajstić information content (AvgIpc) is 3.21. The van der Waals surface area contributed by atoms with Gasteiger partial charge in [0.05, 0.1) is 0 Å². The number of aryl methyl sites for hydroxylation is 2. The molecule has 4 heteroatoms. The zero-order chi connectivity index (χ0) is 14.7. The van der Waals surface area contributed by atoms with Crippen LogP contribution in [0.15, 0.2) is 36.5 Å². The van der Waals surface area contributed by atoms with E-state index in [4.69, 9.17) is 0 Å². The lowest BCUT2D eigenvalue weighted by Gasteiger charge is -2.18. The van der Waals surface area contributed by atoms with Gasteiger partial charge >= 0.3 is 0 Å². The predicted octanol–water partition coefficient (Wildman–Crippen LogP) is 3.03. The van der Waals surface area contributed by atoms with Crippen molar-refractivity contribution < 1.29 is 4.39 Å². The molecule has 3 nitrogen and oxygen atoms in total. The smallest absolute Gasteiger partial charge is 0.123 e. The molecule has 1 saturated carbocycles. The summed E-state index contributed by atoms with van der Waals surface area (Å²) >= 11 is 0. The molecule has 3 rings (SSSR count). The molecule has 1 N–H and O–H groups in total. The molecule has 1 aliphatic carbocycles. The number of aromatic nitrogens is 2. The molecule has 1 aromatic heterocycles. The summed E-state index contributed by atoms with van der Waals surface area (Å²) in [5, 5.41) is 7.78. The van der Waals surface area contributed by atoms with Crippen LogP contribution in [0.25, 0.3) is 0 Å². The monoisotopic (exact) mass is 287 g/mol. The highest BCUT2D eigenvalue weighted by atomic mass is 19.1. The lowest BCUT2D eigenvalue weighted by Crippen LogP contribution is -2.24. The zero-order valence-corrected chi connectivity index (χ0v) is 12.4. The van der Waals surface area contributed by atoms with E-state index in [0.717, 1.165) is 24.9 Å². The quantitative estimate of drug-likeness (QED) is 0.848. The highest BCUT2D eigenvalue weighted by molar-refractivity contribution is 5.21. The maximum atomic E-state index is 13.5. The van der Waals surface area contributed by atoms with Gasteiger partial charge in [-0.1, -0.05) is 12.1 Å². The Kier molecular flexibility index (Phi) is 4.34. The summed E-state index contributed by atoms with van der Waals surface area (Å²) in [5.41, 5.74) is 2.31. The first kappa shape index (κ1) is 14.3. The maximum Gasteiger partial charge on any atom is 0.123 e. The lowest BCUT2D eigenvalue weighted by atomic mass is 9.93. The van der Waals surface area contributed by atoms with E-state index in [9.17, 15) is 4.39 Å². The van der Waals surface area contributed by atoms with E-state index in [-0.39, 0.29) is 5.82 Å². The van der Waals surface area contributed by atoms with Gasteiger partial charge in [-0.2, -0.15) is 5.10 Å². The number of benzene rings is 1. The van der Waals surface area contributed by atoms with E-state index in [1.807, 2.05) is 24.0 Å². The van der Waals surface area contributed by atoms with Gasteiger partial charge in [0.1, 0.15) is 5.82 Å². The van der Waals surface area contributed by atoms with Crippen LogP contribution in [0.3, 0.4) is 0 Å². The first-order valence-electron chi connectivity index (χ1n) is 7.68. The molecule has 1 fully saturated rings. The second kappa shape index (κ2) is 6.39. The third kappa shape index (κ3) is 3.91. The SMILES string of the molecule is Cn1nccc1CCC(CNC1CC1)c1cccc(F)c1. The Bertz CT molecular complexity index is 589. The van der Waals surface area contributed by atoms with E-state index in [2.05, 4.69) is 16.5 Å². The van der Waals surface area contributed by atoms with Gasteiger partial charge in [-0.15, -0.1) is 0 Å². The Hall–Kier alpha value is -1.68. The van der Waals surface area contributed by atoms with Crippen LogP contribution in [0.2, 0.25) is 0 Å². The fraction of sp³-hybridized carbons (Fsp3) is 0.471. The minimum Gasteiger partial charge on any atom is -0.313 e. The van der Waals surface area contributed by atoms with Crippen molar-refractivity contribution in [1.29, 1.82) is 0 Å². The van der Waals surface area contributed by atoms with Crippen molar-refractivity contribution in [3.05, 3.63) is 53.6 Å². The molecule has 1 aliphatic rings. The van der Waals surface area contributed by atoms with Crippen LogP contribution in [0.5, 0.6) is 0 Å². The van der Waals surface area contributed by atoms with E-state index in [0.29, 0.717) is 12.0 Å². The Morgan fingerprint density at radius 3 is 2.90 bits per heavy atom. The number of nitrogens with zero attached hydrogens (tertiary/aromatic N) is 2. The summed E-state index contributed by atoms with van der Waals surface area (Å²) in [4.78, 5) is 0. The Morgan fingerprint density at radius 1 is 1.38 bits per heavy atom. The van der Waals surface area contributed by atoms with Gasteiger partial charge in [0.15, 0.2) is 0 Å². The van der Waals surface area contributed by atoms with Gasteiger partial charge in [0.25, 0.3) is 0 Å². The number of nitrogens with one attached hydrogen (secondary N) is 1. The maximum absolute atomic E-state index is 13.5. The van der Waals surface area contributed by atoms with Crippen LogP contribution in [0, 0.1) is 5.82 Å². The van der Waals surface area contributed by atoms with E-state index >= 15 is 0 Å². The summed E-state index contributed by atoms with van der Waals surface area (Å²) < 4.78 is 15.4. The molecular formula is C17H22FN3. The molecule has 0 aliphatic heterocycles. The molecule has 0 saturated heterocycles. The predicted molar refractivity (Wildman–Crippen MR) is 81.7 cm³/mol. The van der Waals surface area contributed by atoms with Gasteiger partial charge < -0.3 is 5.32 Å². The highest BCUT2D eigenvalue weighted by Crippen LogP contribution is 2.25. The Balaban J connectivity index is 1.67. The van der Waals surface area contributed by atoms with Crippen molar-refractivity contribution in [1.82, 2.24) is 15.1 Å². The molecule has 0 radical (unpaired) electrons. The normalized spacial score (nSPS) is 16.1. The largest absolute Gasteiger partial charge is 0.313 e. The highest BCUT2D eigenvalue weighted by Gasteiger charge is 2.22. The molecule has 0 spiro atoms. The van der Waals surface area contributed by atoms with Gasteiger partial charge in [0, 0.05) is 31.5 Å². The van der Waals surface area contributed by atoms with E-state index < -0.39 is 0 Å². The summed E-state index contributed by atoms with van der Waals surface area (Å²) in [6, 6.07) is 9.75. The zero-order valence-electron chi connectivity index (χ0n) is 12.4. The van der Waals surface area contributed by atoms with Crippen molar-refractivity contribution >= 4 is 0 Å². The minimum absolute atomic E-state index is 0.149. The number of hydrogen-bond acceptors (Lipinski definition) is 2. The molecule has 1 aromatic carbocycles. The van der Waals surface area contributed by atoms with Crippen molar-refractivity contribution in [2.45, 2.75) is 37.6 Å². The molecule has 21 heavy (non-hydrogen) atoms. The summed E-state index contributed by atoms with van der Waals surface area (Å²) in [6.07, 6.45) is 6.34. The number of hydrogen-bond donors (Lipinski definition) is 1. The van der Waals surface area contributed by atoms with Crippen LogP contribution in [-0.4, -0.2) is 22.4 Å². The van der Waals surface area contributed by atoms with Crippen LogP contribution in [0.4, 0.5) is 4.39 Å². The van der Waals surface area contributed by atoms with Crippen LogP contribution >= 0.6 is 0 Å². The molecule has 0 amide bonds. The van der Waals surface area contributed by atoms with Crippen molar-refractivity contribution in [3.8, 4) is 0 Å². The second-order valence-electron chi connectivity index (χ2n) is 5.92. The third-order valence-corrected chi connectivity index (χ3v) is 4.22. The van der Waals surface area contributed by atoms with E-state index in [1.165, 1.54) is 24.6 Å². The van der Waals surface area contributed by atoms with Crippen LogP contribution in [0.1, 0.15) is 36.4 Å². The summed E-state index contributed by atoms with van der Waals surface area (Å²) in [6.45, 7) is 0.923.